The molecule has 2 atom stereocenters. The van der Waals surface area contributed by atoms with E-state index in [1.165, 1.54) is 5.56 Å². The maximum atomic E-state index is 13.7. The molecule has 0 N–H and O–H groups in total. The highest BCUT2D eigenvalue weighted by Gasteiger charge is 2.36. The minimum absolute atomic E-state index is 0.125. The summed E-state index contributed by atoms with van der Waals surface area (Å²) in [5.41, 5.74) is 4.32. The molecule has 3 aromatic carbocycles. The topological polar surface area (TPSA) is 37.4 Å². The first-order valence-corrected chi connectivity index (χ1v) is 13.7. The fraction of sp³-hybridized carbons (Fsp3) is 0.214. The Bertz CT molecular complexity index is 1220. The van der Waals surface area contributed by atoms with Gasteiger partial charge in [-0.15, -0.1) is 11.8 Å². The number of aryl methyl sites for hydroxylation is 1. The lowest BCUT2D eigenvalue weighted by Crippen LogP contribution is -2.39. The van der Waals surface area contributed by atoms with Crippen LogP contribution in [0, 0.1) is 6.92 Å². The van der Waals surface area contributed by atoms with Gasteiger partial charge < -0.3 is 0 Å². The van der Waals surface area contributed by atoms with E-state index in [2.05, 4.69) is 31.2 Å². The summed E-state index contributed by atoms with van der Waals surface area (Å²) < 4.78 is 29.0. The molecule has 0 unspecified atom stereocenters. The van der Waals surface area contributed by atoms with Crippen molar-refractivity contribution in [1.29, 1.82) is 0 Å². The highest BCUT2D eigenvalue weighted by Crippen LogP contribution is 2.41. The van der Waals surface area contributed by atoms with Crippen molar-refractivity contribution in [2.24, 2.45) is 0 Å². The SMILES string of the molecule is CCS[C@H]1C[C@@H](c2ccccc2)C(/C=C/c2ccccc2)=CN1S(=O)(=O)c1ccc(C)cc1. The van der Waals surface area contributed by atoms with Gasteiger partial charge in [0.1, 0.15) is 0 Å². The van der Waals surface area contributed by atoms with Crippen LogP contribution in [0.25, 0.3) is 6.08 Å². The molecular formula is C28H29NO2S2. The smallest absolute Gasteiger partial charge is 0.260 e. The maximum Gasteiger partial charge on any atom is 0.264 e. The van der Waals surface area contributed by atoms with Crippen LogP contribution in [-0.4, -0.2) is 23.8 Å². The molecule has 0 fully saturated rings. The van der Waals surface area contributed by atoms with Crippen molar-refractivity contribution in [3.05, 3.63) is 119 Å². The molecule has 0 aliphatic carbocycles. The van der Waals surface area contributed by atoms with Crippen molar-refractivity contribution in [2.45, 2.75) is 36.5 Å². The van der Waals surface area contributed by atoms with Gasteiger partial charge in [0.15, 0.2) is 0 Å². The Hall–Kier alpha value is -2.76. The van der Waals surface area contributed by atoms with E-state index < -0.39 is 10.0 Å². The van der Waals surface area contributed by atoms with E-state index >= 15 is 0 Å². The molecule has 0 saturated carbocycles. The van der Waals surface area contributed by atoms with Gasteiger partial charge in [0, 0.05) is 12.1 Å². The molecule has 1 heterocycles. The first-order valence-electron chi connectivity index (χ1n) is 11.2. The van der Waals surface area contributed by atoms with E-state index in [4.69, 9.17) is 0 Å². The molecule has 0 bridgehead atoms. The Morgan fingerprint density at radius 1 is 0.909 bits per heavy atom. The van der Waals surface area contributed by atoms with Gasteiger partial charge in [0.2, 0.25) is 0 Å². The van der Waals surface area contributed by atoms with Crippen LogP contribution in [0.15, 0.2) is 108 Å². The molecule has 1 aliphatic rings. The number of hydrogen-bond donors (Lipinski definition) is 0. The minimum atomic E-state index is -3.67. The third kappa shape index (κ3) is 5.43. The van der Waals surface area contributed by atoms with Crippen LogP contribution >= 0.6 is 11.8 Å². The van der Waals surface area contributed by atoms with E-state index in [1.54, 1.807) is 28.2 Å². The summed E-state index contributed by atoms with van der Waals surface area (Å²) in [6.07, 6.45) is 6.70. The van der Waals surface area contributed by atoms with Gasteiger partial charge in [-0.3, -0.25) is 4.31 Å². The summed E-state index contributed by atoms with van der Waals surface area (Å²) in [6, 6.07) is 27.6. The fourth-order valence-electron chi connectivity index (χ4n) is 4.08. The molecule has 33 heavy (non-hydrogen) atoms. The van der Waals surface area contributed by atoms with E-state index in [-0.39, 0.29) is 11.3 Å². The molecular weight excluding hydrogens is 446 g/mol. The zero-order chi connectivity index (χ0) is 23.3. The van der Waals surface area contributed by atoms with Gasteiger partial charge in [0.25, 0.3) is 10.0 Å². The maximum absolute atomic E-state index is 13.7. The number of hydrogen-bond acceptors (Lipinski definition) is 3. The lowest BCUT2D eigenvalue weighted by molar-refractivity contribution is 0.428. The normalized spacial score (nSPS) is 19.0. The zero-order valence-electron chi connectivity index (χ0n) is 19.0. The monoisotopic (exact) mass is 475 g/mol. The summed E-state index contributed by atoms with van der Waals surface area (Å²) in [6.45, 7) is 4.04. The first-order chi connectivity index (χ1) is 16.0. The van der Waals surface area contributed by atoms with Crippen molar-refractivity contribution in [3.8, 4) is 0 Å². The predicted molar refractivity (Wildman–Crippen MR) is 139 cm³/mol. The average molecular weight is 476 g/mol. The van der Waals surface area contributed by atoms with Gasteiger partial charge in [-0.25, -0.2) is 8.42 Å². The highest BCUT2D eigenvalue weighted by molar-refractivity contribution is 8.00. The summed E-state index contributed by atoms with van der Waals surface area (Å²) in [7, 11) is -3.67. The van der Waals surface area contributed by atoms with Crippen molar-refractivity contribution >= 4 is 27.9 Å². The number of sulfonamides is 1. The second kappa shape index (κ2) is 10.4. The largest absolute Gasteiger partial charge is 0.264 e. The average Bonchev–Trinajstić information content (AvgIpc) is 2.84. The summed E-state index contributed by atoms with van der Waals surface area (Å²) in [5.74, 6) is 0.967. The van der Waals surface area contributed by atoms with E-state index in [9.17, 15) is 8.42 Å². The molecule has 0 aromatic heterocycles. The van der Waals surface area contributed by atoms with Crippen LogP contribution in [0.4, 0.5) is 0 Å². The van der Waals surface area contributed by atoms with Gasteiger partial charge in [-0.1, -0.05) is 97.4 Å². The van der Waals surface area contributed by atoms with Crippen molar-refractivity contribution < 1.29 is 8.42 Å². The standard InChI is InChI=1S/C28H29NO2S2/c1-3-32-28-20-27(24-12-8-5-9-13-24)25(17-16-23-10-6-4-7-11-23)21-29(28)33(30,31)26-18-14-22(2)15-19-26/h4-19,21,27-28H,3,20H2,1-2H3/b17-16+/t27-,28-/m0/s1. The summed E-state index contributed by atoms with van der Waals surface area (Å²) >= 11 is 1.68. The van der Waals surface area contributed by atoms with Gasteiger partial charge in [-0.2, -0.15) is 0 Å². The first kappa shape index (κ1) is 23.4. The molecule has 0 saturated heterocycles. The van der Waals surface area contributed by atoms with Crippen LogP contribution in [0.5, 0.6) is 0 Å². The van der Waals surface area contributed by atoms with Gasteiger partial charge in [0.05, 0.1) is 10.3 Å². The number of rotatable bonds is 7. The van der Waals surface area contributed by atoms with Gasteiger partial charge in [-0.05, 0) is 47.9 Å². The second-order valence-corrected chi connectivity index (χ2v) is 11.4. The minimum Gasteiger partial charge on any atom is -0.260 e. The number of nitrogens with zero attached hydrogens (tertiary/aromatic N) is 1. The molecule has 1 aliphatic heterocycles. The van der Waals surface area contributed by atoms with Crippen molar-refractivity contribution in [3.63, 3.8) is 0 Å². The summed E-state index contributed by atoms with van der Waals surface area (Å²) in [4.78, 5) is 0.329. The Labute approximate surface area is 201 Å². The van der Waals surface area contributed by atoms with Crippen LogP contribution in [0.2, 0.25) is 0 Å². The Morgan fingerprint density at radius 3 is 2.18 bits per heavy atom. The molecule has 0 radical (unpaired) electrons. The molecule has 5 heteroatoms. The Kier molecular flexibility index (Phi) is 7.41. The second-order valence-electron chi connectivity index (χ2n) is 8.13. The zero-order valence-corrected chi connectivity index (χ0v) is 20.6. The third-order valence-electron chi connectivity index (χ3n) is 5.83. The molecule has 0 spiro atoms. The quantitative estimate of drug-likeness (QED) is 0.375. The van der Waals surface area contributed by atoms with E-state index in [1.807, 2.05) is 73.8 Å². The molecule has 170 valence electrons. The van der Waals surface area contributed by atoms with Gasteiger partial charge >= 0.3 is 0 Å². The number of benzene rings is 3. The predicted octanol–water partition coefficient (Wildman–Crippen LogP) is 6.85. The molecule has 4 rings (SSSR count). The van der Waals surface area contributed by atoms with Crippen molar-refractivity contribution in [1.82, 2.24) is 4.31 Å². The molecule has 3 aromatic rings. The summed E-state index contributed by atoms with van der Waals surface area (Å²) in [5, 5.41) is -0.166. The van der Waals surface area contributed by atoms with E-state index in [0.717, 1.165) is 28.9 Å². The third-order valence-corrected chi connectivity index (χ3v) is 8.88. The Balaban J connectivity index is 1.80. The van der Waals surface area contributed by atoms with Crippen molar-refractivity contribution in [2.75, 3.05) is 5.75 Å². The highest BCUT2D eigenvalue weighted by atomic mass is 32.2. The number of thioether (sulfide) groups is 1. The molecule has 3 nitrogen and oxygen atoms in total. The number of allylic oxidation sites excluding steroid dienone is 2. The molecule has 0 amide bonds. The lowest BCUT2D eigenvalue weighted by Gasteiger charge is -2.38. The van der Waals surface area contributed by atoms with Crippen LogP contribution in [0.3, 0.4) is 0 Å². The van der Waals surface area contributed by atoms with E-state index in [0.29, 0.717) is 4.90 Å². The lowest BCUT2D eigenvalue weighted by atomic mass is 9.86. The van der Waals surface area contributed by atoms with Crippen LogP contribution < -0.4 is 0 Å². The Morgan fingerprint density at radius 2 is 1.55 bits per heavy atom. The van der Waals surface area contributed by atoms with Crippen LogP contribution in [-0.2, 0) is 10.0 Å². The fourth-order valence-corrected chi connectivity index (χ4v) is 6.90. The van der Waals surface area contributed by atoms with Crippen LogP contribution in [0.1, 0.15) is 36.0 Å².